The van der Waals surface area contributed by atoms with Crippen LogP contribution in [0.1, 0.15) is 40.4 Å². The summed E-state index contributed by atoms with van der Waals surface area (Å²) in [7, 11) is 0. The van der Waals surface area contributed by atoms with Gasteiger partial charge in [-0.3, -0.25) is 9.69 Å². The van der Waals surface area contributed by atoms with E-state index in [0.717, 1.165) is 63.4 Å². The van der Waals surface area contributed by atoms with E-state index in [1.165, 1.54) is 22.4 Å². The van der Waals surface area contributed by atoms with Gasteiger partial charge >= 0.3 is 0 Å². The van der Waals surface area contributed by atoms with Gasteiger partial charge in [0.25, 0.3) is 5.91 Å². The first-order valence-corrected chi connectivity index (χ1v) is 12.4. The SMILES string of the molecule is CCc1ccccc1CN1CCCN(C(=O)c2ccc(N3CC=Cc4ccccc43)cc2)CC1. The van der Waals surface area contributed by atoms with Gasteiger partial charge in [0.2, 0.25) is 0 Å². The average Bonchev–Trinajstić information content (AvgIpc) is 3.14. The topological polar surface area (TPSA) is 26.8 Å². The normalized spacial score (nSPS) is 16.3. The fourth-order valence-corrected chi connectivity index (χ4v) is 5.10. The molecule has 0 atom stereocenters. The van der Waals surface area contributed by atoms with Crippen LogP contribution in [-0.2, 0) is 13.0 Å². The Labute approximate surface area is 203 Å². The van der Waals surface area contributed by atoms with Gasteiger partial charge < -0.3 is 9.80 Å². The van der Waals surface area contributed by atoms with Crippen molar-refractivity contribution in [2.45, 2.75) is 26.3 Å². The smallest absolute Gasteiger partial charge is 0.253 e. The third-order valence-electron chi connectivity index (χ3n) is 7.01. The summed E-state index contributed by atoms with van der Waals surface area (Å²) >= 11 is 0. The molecule has 174 valence electrons. The lowest BCUT2D eigenvalue weighted by Crippen LogP contribution is -2.35. The van der Waals surface area contributed by atoms with Gasteiger partial charge in [-0.25, -0.2) is 0 Å². The molecule has 5 rings (SSSR count). The summed E-state index contributed by atoms with van der Waals surface area (Å²) in [6.45, 7) is 7.56. The lowest BCUT2D eigenvalue weighted by molar-refractivity contribution is 0.0761. The van der Waals surface area contributed by atoms with Gasteiger partial charge in [-0.2, -0.15) is 0 Å². The summed E-state index contributed by atoms with van der Waals surface area (Å²) in [5.74, 6) is 0.140. The minimum Gasteiger partial charge on any atom is -0.337 e. The number of benzene rings is 3. The molecular weight excluding hydrogens is 418 g/mol. The number of aryl methyl sites for hydroxylation is 1. The Hall–Kier alpha value is -3.37. The fraction of sp³-hybridized carbons (Fsp3) is 0.300. The van der Waals surface area contributed by atoms with E-state index in [1.807, 2.05) is 17.0 Å². The molecule has 1 saturated heterocycles. The van der Waals surface area contributed by atoms with Crippen molar-refractivity contribution >= 4 is 23.4 Å². The number of carbonyl (C=O) groups excluding carboxylic acids is 1. The number of hydrogen-bond acceptors (Lipinski definition) is 3. The molecule has 3 aromatic carbocycles. The zero-order valence-corrected chi connectivity index (χ0v) is 20.0. The van der Waals surface area contributed by atoms with Crippen molar-refractivity contribution in [2.75, 3.05) is 37.6 Å². The maximum Gasteiger partial charge on any atom is 0.253 e. The number of para-hydroxylation sites is 1. The Morgan fingerprint density at radius 3 is 2.41 bits per heavy atom. The lowest BCUT2D eigenvalue weighted by atomic mass is 10.0. The highest BCUT2D eigenvalue weighted by Gasteiger charge is 2.21. The maximum atomic E-state index is 13.3. The van der Waals surface area contributed by atoms with Crippen LogP contribution in [0.5, 0.6) is 0 Å². The molecule has 2 aliphatic rings. The molecule has 4 nitrogen and oxygen atoms in total. The van der Waals surface area contributed by atoms with E-state index < -0.39 is 0 Å². The van der Waals surface area contributed by atoms with Crippen LogP contribution in [-0.4, -0.2) is 48.4 Å². The van der Waals surface area contributed by atoms with Crippen molar-refractivity contribution in [2.24, 2.45) is 0 Å². The second-order valence-electron chi connectivity index (χ2n) is 9.16. The summed E-state index contributed by atoms with van der Waals surface area (Å²) in [6, 6.07) is 25.3. The lowest BCUT2D eigenvalue weighted by Gasteiger charge is -2.28. The Balaban J connectivity index is 1.23. The Kier molecular flexibility index (Phi) is 6.77. The molecule has 0 radical (unpaired) electrons. The zero-order chi connectivity index (χ0) is 23.3. The van der Waals surface area contributed by atoms with Crippen LogP contribution >= 0.6 is 0 Å². The van der Waals surface area contributed by atoms with E-state index in [-0.39, 0.29) is 5.91 Å². The number of hydrogen-bond donors (Lipinski definition) is 0. The zero-order valence-electron chi connectivity index (χ0n) is 20.0. The van der Waals surface area contributed by atoms with Crippen LogP contribution in [0.25, 0.3) is 6.08 Å². The second kappa shape index (κ2) is 10.3. The molecule has 2 aliphatic heterocycles. The molecule has 34 heavy (non-hydrogen) atoms. The maximum absolute atomic E-state index is 13.3. The number of carbonyl (C=O) groups is 1. The number of fused-ring (bicyclic) bond motifs is 1. The minimum absolute atomic E-state index is 0.140. The van der Waals surface area contributed by atoms with Crippen LogP contribution in [0.2, 0.25) is 0 Å². The van der Waals surface area contributed by atoms with Crippen LogP contribution < -0.4 is 4.90 Å². The molecule has 3 aromatic rings. The Bertz CT molecular complexity index is 1170. The molecular formula is C30H33N3O. The monoisotopic (exact) mass is 451 g/mol. The van der Waals surface area contributed by atoms with Gasteiger partial charge in [-0.15, -0.1) is 0 Å². The molecule has 0 spiro atoms. The highest BCUT2D eigenvalue weighted by atomic mass is 16.2. The highest BCUT2D eigenvalue weighted by Crippen LogP contribution is 2.32. The van der Waals surface area contributed by atoms with Crippen LogP contribution in [0.4, 0.5) is 11.4 Å². The summed E-state index contributed by atoms with van der Waals surface area (Å²) in [5.41, 5.74) is 7.16. The molecule has 0 N–H and O–H groups in total. The highest BCUT2D eigenvalue weighted by molar-refractivity contribution is 5.94. The molecule has 4 heteroatoms. The van der Waals surface area contributed by atoms with Gasteiger partial charge in [0, 0.05) is 56.2 Å². The number of anilines is 2. The van der Waals surface area contributed by atoms with Gasteiger partial charge in [0.1, 0.15) is 0 Å². The van der Waals surface area contributed by atoms with Crippen LogP contribution in [0, 0.1) is 0 Å². The van der Waals surface area contributed by atoms with E-state index >= 15 is 0 Å². The Morgan fingerprint density at radius 2 is 1.59 bits per heavy atom. The standard InChI is InChI=1S/C30H33N3O/c1-2-24-9-3-4-11-27(24)23-31-18-8-19-32(22-21-31)30(34)26-14-16-28(17-15-26)33-20-7-12-25-10-5-6-13-29(25)33/h3-7,9-17H,2,8,18-23H2,1H3. The minimum atomic E-state index is 0.140. The molecule has 0 bridgehead atoms. The van der Waals surface area contributed by atoms with Crippen molar-refractivity contribution < 1.29 is 4.79 Å². The first-order chi connectivity index (χ1) is 16.7. The average molecular weight is 452 g/mol. The summed E-state index contributed by atoms with van der Waals surface area (Å²) < 4.78 is 0. The number of rotatable bonds is 5. The Morgan fingerprint density at radius 1 is 0.824 bits per heavy atom. The van der Waals surface area contributed by atoms with Crippen LogP contribution in [0.3, 0.4) is 0 Å². The van der Waals surface area contributed by atoms with E-state index in [2.05, 4.69) is 89.5 Å². The third kappa shape index (κ3) is 4.78. The molecule has 0 aromatic heterocycles. The van der Waals surface area contributed by atoms with E-state index in [1.54, 1.807) is 0 Å². The summed E-state index contributed by atoms with van der Waals surface area (Å²) in [5, 5.41) is 0. The van der Waals surface area contributed by atoms with Gasteiger partial charge in [-0.1, -0.05) is 61.5 Å². The largest absolute Gasteiger partial charge is 0.337 e. The molecule has 0 unspecified atom stereocenters. The number of nitrogens with zero attached hydrogens (tertiary/aromatic N) is 3. The van der Waals surface area contributed by atoms with Gasteiger partial charge in [0.05, 0.1) is 0 Å². The van der Waals surface area contributed by atoms with Crippen molar-refractivity contribution in [3.8, 4) is 0 Å². The van der Waals surface area contributed by atoms with Gasteiger partial charge in [0.15, 0.2) is 0 Å². The first-order valence-electron chi connectivity index (χ1n) is 12.4. The predicted octanol–water partition coefficient (Wildman–Crippen LogP) is 5.76. The van der Waals surface area contributed by atoms with Crippen molar-refractivity contribution in [1.29, 1.82) is 0 Å². The molecule has 1 amide bonds. The first kappa shape index (κ1) is 22.4. The summed E-state index contributed by atoms with van der Waals surface area (Å²) in [6.07, 6.45) is 6.43. The van der Waals surface area contributed by atoms with E-state index in [4.69, 9.17) is 0 Å². The summed E-state index contributed by atoms with van der Waals surface area (Å²) in [4.78, 5) is 20.1. The van der Waals surface area contributed by atoms with Crippen molar-refractivity contribution in [3.63, 3.8) is 0 Å². The quantitative estimate of drug-likeness (QED) is 0.493. The molecule has 2 heterocycles. The van der Waals surface area contributed by atoms with Crippen molar-refractivity contribution in [1.82, 2.24) is 9.80 Å². The fourth-order valence-electron chi connectivity index (χ4n) is 5.10. The van der Waals surface area contributed by atoms with E-state index in [0.29, 0.717) is 0 Å². The van der Waals surface area contributed by atoms with Crippen LogP contribution in [0.15, 0.2) is 78.9 Å². The predicted molar refractivity (Wildman–Crippen MR) is 141 cm³/mol. The molecule has 1 fully saturated rings. The third-order valence-corrected chi connectivity index (χ3v) is 7.01. The molecule has 0 aliphatic carbocycles. The second-order valence-corrected chi connectivity index (χ2v) is 9.16. The van der Waals surface area contributed by atoms with Gasteiger partial charge in [-0.05, 0) is 59.9 Å². The number of amides is 1. The van der Waals surface area contributed by atoms with Crippen molar-refractivity contribution in [3.05, 3.63) is 101 Å². The van der Waals surface area contributed by atoms with E-state index in [9.17, 15) is 4.79 Å². The molecule has 0 saturated carbocycles.